The summed E-state index contributed by atoms with van der Waals surface area (Å²) in [5.41, 5.74) is 3.69. The van der Waals surface area contributed by atoms with Crippen molar-refractivity contribution < 1.29 is 9.53 Å². The molecule has 0 unspecified atom stereocenters. The molecule has 3 rings (SSSR count). The molecule has 1 aromatic heterocycles. The Morgan fingerprint density at radius 3 is 2.62 bits per heavy atom. The molecule has 0 bridgehead atoms. The molecular formula is C20H20ClN3O2. The highest BCUT2D eigenvalue weighted by Gasteiger charge is 2.13. The minimum absolute atomic E-state index is 0.0968. The minimum Gasteiger partial charge on any atom is -0.483 e. The molecular weight excluding hydrogens is 350 g/mol. The second kappa shape index (κ2) is 7.62. The molecule has 0 fully saturated rings. The molecule has 1 amide bonds. The van der Waals surface area contributed by atoms with Gasteiger partial charge in [0.2, 0.25) is 0 Å². The lowest BCUT2D eigenvalue weighted by Gasteiger charge is -2.12. The number of aromatic nitrogens is 2. The van der Waals surface area contributed by atoms with E-state index in [0.29, 0.717) is 16.6 Å². The van der Waals surface area contributed by atoms with Crippen LogP contribution in [0.1, 0.15) is 16.8 Å². The molecule has 1 N–H and O–H groups in total. The summed E-state index contributed by atoms with van der Waals surface area (Å²) >= 11 is 5.93. The number of carbonyl (C=O) groups excluding carboxylic acids is 1. The third kappa shape index (κ3) is 4.06. The highest BCUT2D eigenvalue weighted by atomic mass is 35.5. The predicted octanol–water partition coefficient (Wildman–Crippen LogP) is 4.47. The largest absolute Gasteiger partial charge is 0.483 e. The van der Waals surface area contributed by atoms with E-state index in [1.807, 2.05) is 51.1 Å². The first-order chi connectivity index (χ1) is 12.4. The van der Waals surface area contributed by atoms with Crippen molar-refractivity contribution in [3.63, 3.8) is 0 Å². The second-order valence-electron chi connectivity index (χ2n) is 6.12. The van der Waals surface area contributed by atoms with E-state index in [-0.39, 0.29) is 12.5 Å². The van der Waals surface area contributed by atoms with Crippen LogP contribution in [0.3, 0.4) is 0 Å². The number of amides is 1. The van der Waals surface area contributed by atoms with Crippen molar-refractivity contribution in [2.24, 2.45) is 0 Å². The van der Waals surface area contributed by atoms with E-state index >= 15 is 0 Å². The Morgan fingerprint density at radius 1 is 1.12 bits per heavy atom. The lowest BCUT2D eigenvalue weighted by molar-refractivity contribution is -0.118. The zero-order valence-corrected chi connectivity index (χ0v) is 15.7. The Balaban J connectivity index is 1.73. The molecule has 0 atom stereocenters. The van der Waals surface area contributed by atoms with E-state index in [4.69, 9.17) is 16.3 Å². The summed E-state index contributed by atoms with van der Waals surface area (Å²) in [5, 5.41) is 7.99. The average Bonchev–Trinajstić information content (AvgIpc) is 2.94. The average molecular weight is 370 g/mol. The topological polar surface area (TPSA) is 56.1 Å². The van der Waals surface area contributed by atoms with Gasteiger partial charge in [-0.1, -0.05) is 29.8 Å². The Labute approximate surface area is 157 Å². The molecule has 6 heteroatoms. The van der Waals surface area contributed by atoms with Crippen molar-refractivity contribution >= 4 is 23.3 Å². The minimum atomic E-state index is -0.255. The van der Waals surface area contributed by atoms with E-state index in [1.165, 1.54) is 0 Å². The SMILES string of the molecule is Cc1cc(NC(=O)COc2ccc(Cl)cc2C)n(-c2ccccc2C)n1. The van der Waals surface area contributed by atoms with Crippen LogP contribution in [0.5, 0.6) is 5.75 Å². The van der Waals surface area contributed by atoms with Crippen molar-refractivity contribution in [1.82, 2.24) is 9.78 Å². The van der Waals surface area contributed by atoms with Gasteiger partial charge in [-0.25, -0.2) is 4.68 Å². The standard InChI is InChI=1S/C20H20ClN3O2/c1-13-6-4-5-7-17(13)24-19(11-15(3)23-24)22-20(25)12-26-18-9-8-16(21)10-14(18)2/h4-11H,12H2,1-3H3,(H,22,25). The smallest absolute Gasteiger partial charge is 0.263 e. The summed E-state index contributed by atoms with van der Waals surface area (Å²) in [6.45, 7) is 5.68. The first-order valence-corrected chi connectivity index (χ1v) is 8.63. The van der Waals surface area contributed by atoms with Crippen LogP contribution in [0.25, 0.3) is 5.69 Å². The number of ether oxygens (including phenoxy) is 1. The van der Waals surface area contributed by atoms with E-state index < -0.39 is 0 Å². The predicted molar refractivity (Wildman–Crippen MR) is 103 cm³/mol. The summed E-state index contributed by atoms with van der Waals surface area (Å²) in [5.74, 6) is 0.987. The van der Waals surface area contributed by atoms with Crippen LogP contribution >= 0.6 is 11.6 Å². The van der Waals surface area contributed by atoms with Crippen LogP contribution in [-0.2, 0) is 4.79 Å². The quantitative estimate of drug-likeness (QED) is 0.722. The number of aryl methyl sites for hydroxylation is 3. The summed E-state index contributed by atoms with van der Waals surface area (Å²) in [6.07, 6.45) is 0. The molecule has 0 saturated heterocycles. The monoisotopic (exact) mass is 369 g/mol. The third-order valence-corrected chi connectivity index (χ3v) is 4.17. The lowest BCUT2D eigenvalue weighted by Crippen LogP contribution is -2.22. The van der Waals surface area contributed by atoms with Crippen LogP contribution in [0.15, 0.2) is 48.5 Å². The summed E-state index contributed by atoms with van der Waals surface area (Å²) in [4.78, 5) is 12.3. The number of benzene rings is 2. The molecule has 0 spiro atoms. The van der Waals surface area contributed by atoms with Gasteiger partial charge in [0.15, 0.2) is 6.61 Å². The number of carbonyl (C=O) groups is 1. The van der Waals surface area contributed by atoms with Gasteiger partial charge in [0.1, 0.15) is 11.6 Å². The first kappa shape index (κ1) is 18.0. The second-order valence-corrected chi connectivity index (χ2v) is 6.55. The fraction of sp³-hybridized carbons (Fsp3) is 0.200. The number of hydrogen-bond acceptors (Lipinski definition) is 3. The van der Waals surface area contributed by atoms with Crippen LogP contribution in [0, 0.1) is 20.8 Å². The van der Waals surface area contributed by atoms with E-state index in [1.54, 1.807) is 22.9 Å². The van der Waals surface area contributed by atoms with Gasteiger partial charge in [0.05, 0.1) is 11.4 Å². The van der Waals surface area contributed by atoms with Crippen molar-refractivity contribution in [3.05, 3.63) is 70.4 Å². The van der Waals surface area contributed by atoms with Gasteiger partial charge in [-0.2, -0.15) is 5.10 Å². The molecule has 26 heavy (non-hydrogen) atoms. The Morgan fingerprint density at radius 2 is 1.88 bits per heavy atom. The number of nitrogens with zero attached hydrogens (tertiary/aromatic N) is 2. The summed E-state index contributed by atoms with van der Waals surface area (Å²) < 4.78 is 7.33. The summed E-state index contributed by atoms with van der Waals surface area (Å²) in [7, 11) is 0. The van der Waals surface area contributed by atoms with Gasteiger partial charge in [0.25, 0.3) is 5.91 Å². The summed E-state index contributed by atoms with van der Waals surface area (Å²) in [6, 6.07) is 15.0. The van der Waals surface area contributed by atoms with Crippen molar-refractivity contribution in [2.45, 2.75) is 20.8 Å². The van der Waals surface area contributed by atoms with Gasteiger partial charge in [-0.05, 0) is 56.2 Å². The molecule has 0 aliphatic rings. The van der Waals surface area contributed by atoms with Gasteiger partial charge in [0, 0.05) is 11.1 Å². The number of para-hydroxylation sites is 1. The maximum absolute atomic E-state index is 12.3. The molecule has 0 aliphatic carbocycles. The molecule has 0 aliphatic heterocycles. The molecule has 3 aromatic rings. The first-order valence-electron chi connectivity index (χ1n) is 8.25. The van der Waals surface area contributed by atoms with Gasteiger partial charge >= 0.3 is 0 Å². The van der Waals surface area contributed by atoms with Gasteiger partial charge in [-0.3, -0.25) is 4.79 Å². The normalized spacial score (nSPS) is 10.6. The maximum atomic E-state index is 12.3. The van der Waals surface area contributed by atoms with E-state index in [9.17, 15) is 4.79 Å². The van der Waals surface area contributed by atoms with E-state index in [0.717, 1.165) is 22.5 Å². The zero-order chi connectivity index (χ0) is 18.7. The lowest BCUT2D eigenvalue weighted by atomic mass is 10.2. The molecule has 5 nitrogen and oxygen atoms in total. The number of hydrogen-bond donors (Lipinski definition) is 1. The number of rotatable bonds is 5. The van der Waals surface area contributed by atoms with Crippen LogP contribution in [0.4, 0.5) is 5.82 Å². The highest BCUT2D eigenvalue weighted by Crippen LogP contribution is 2.22. The Bertz CT molecular complexity index is 950. The number of anilines is 1. The highest BCUT2D eigenvalue weighted by molar-refractivity contribution is 6.30. The number of halogens is 1. The fourth-order valence-corrected chi connectivity index (χ4v) is 2.90. The molecule has 134 valence electrons. The number of nitrogens with one attached hydrogen (secondary N) is 1. The van der Waals surface area contributed by atoms with Crippen LogP contribution < -0.4 is 10.1 Å². The Hall–Kier alpha value is -2.79. The molecule has 0 saturated carbocycles. The third-order valence-electron chi connectivity index (χ3n) is 3.94. The van der Waals surface area contributed by atoms with Gasteiger partial charge in [-0.15, -0.1) is 0 Å². The Kier molecular flexibility index (Phi) is 5.28. The van der Waals surface area contributed by atoms with E-state index in [2.05, 4.69) is 10.4 Å². The van der Waals surface area contributed by atoms with Crippen LogP contribution in [-0.4, -0.2) is 22.3 Å². The van der Waals surface area contributed by atoms with Crippen molar-refractivity contribution in [1.29, 1.82) is 0 Å². The van der Waals surface area contributed by atoms with Gasteiger partial charge < -0.3 is 10.1 Å². The van der Waals surface area contributed by atoms with Crippen LogP contribution in [0.2, 0.25) is 5.02 Å². The van der Waals surface area contributed by atoms with Crippen molar-refractivity contribution in [2.75, 3.05) is 11.9 Å². The zero-order valence-electron chi connectivity index (χ0n) is 14.9. The molecule has 1 heterocycles. The molecule has 0 radical (unpaired) electrons. The maximum Gasteiger partial charge on any atom is 0.263 e. The fourth-order valence-electron chi connectivity index (χ4n) is 2.67. The van der Waals surface area contributed by atoms with Crippen molar-refractivity contribution in [3.8, 4) is 11.4 Å². The molecule has 2 aromatic carbocycles.